The first kappa shape index (κ1) is 14.5. The summed E-state index contributed by atoms with van der Waals surface area (Å²) < 4.78 is 29.5. The third-order valence-electron chi connectivity index (χ3n) is 3.27. The van der Waals surface area contributed by atoms with E-state index in [9.17, 15) is 8.42 Å². The summed E-state index contributed by atoms with van der Waals surface area (Å²) in [6.45, 7) is 8.63. The second kappa shape index (κ2) is 5.25. The van der Waals surface area contributed by atoms with Crippen LogP contribution >= 0.6 is 0 Å². The SMILES string of the molecule is CC(C)NS(=O)(=O)c1nc(C(C)C)n2c1CCCC2. The van der Waals surface area contributed by atoms with E-state index in [1.807, 2.05) is 13.8 Å². The van der Waals surface area contributed by atoms with Crippen LogP contribution in [0.5, 0.6) is 0 Å². The first-order chi connectivity index (χ1) is 8.83. The zero-order chi connectivity index (χ0) is 14.2. The molecular formula is C13H23N3O2S. The van der Waals surface area contributed by atoms with E-state index in [2.05, 4.69) is 28.1 Å². The Morgan fingerprint density at radius 2 is 1.89 bits per heavy atom. The van der Waals surface area contributed by atoms with E-state index in [0.29, 0.717) is 0 Å². The van der Waals surface area contributed by atoms with Crippen molar-refractivity contribution in [3.8, 4) is 0 Å². The molecule has 19 heavy (non-hydrogen) atoms. The molecule has 0 atom stereocenters. The molecule has 0 aromatic carbocycles. The lowest BCUT2D eigenvalue weighted by molar-refractivity contribution is 0.499. The molecule has 0 bridgehead atoms. The summed E-state index contributed by atoms with van der Waals surface area (Å²) >= 11 is 0. The van der Waals surface area contributed by atoms with Gasteiger partial charge in [-0.1, -0.05) is 13.8 Å². The van der Waals surface area contributed by atoms with Crippen molar-refractivity contribution < 1.29 is 8.42 Å². The minimum atomic E-state index is -3.50. The molecule has 1 aliphatic heterocycles. The zero-order valence-electron chi connectivity index (χ0n) is 12.1. The molecule has 1 aromatic heterocycles. The zero-order valence-corrected chi connectivity index (χ0v) is 12.9. The second-order valence-electron chi connectivity index (χ2n) is 5.76. The van der Waals surface area contributed by atoms with Crippen LogP contribution < -0.4 is 4.72 Å². The predicted octanol–water partition coefficient (Wildman–Crippen LogP) is 2.03. The van der Waals surface area contributed by atoms with Gasteiger partial charge in [0.25, 0.3) is 10.0 Å². The van der Waals surface area contributed by atoms with Crippen molar-refractivity contribution >= 4 is 10.0 Å². The van der Waals surface area contributed by atoms with Crippen LogP contribution in [0.25, 0.3) is 0 Å². The van der Waals surface area contributed by atoms with Gasteiger partial charge in [0, 0.05) is 18.5 Å². The third kappa shape index (κ3) is 2.84. The number of rotatable bonds is 4. The fourth-order valence-corrected chi connectivity index (χ4v) is 4.03. The lowest BCUT2D eigenvalue weighted by Gasteiger charge is -2.18. The summed E-state index contributed by atoms with van der Waals surface area (Å²) in [6.07, 6.45) is 2.93. The highest BCUT2D eigenvalue weighted by Crippen LogP contribution is 2.27. The smallest absolute Gasteiger partial charge is 0.260 e. The lowest BCUT2D eigenvalue weighted by atomic mass is 10.1. The fraction of sp³-hybridized carbons (Fsp3) is 0.769. The van der Waals surface area contributed by atoms with Gasteiger partial charge in [-0.25, -0.2) is 18.1 Å². The summed E-state index contributed by atoms with van der Waals surface area (Å²) in [5.41, 5.74) is 0.878. The molecule has 0 amide bonds. The van der Waals surface area contributed by atoms with Crippen molar-refractivity contribution in [2.75, 3.05) is 0 Å². The van der Waals surface area contributed by atoms with E-state index in [1.54, 1.807) is 0 Å². The standard InChI is InChI=1S/C13H23N3O2S/c1-9(2)12-14-13(19(17,18)15-10(3)4)11-7-5-6-8-16(11)12/h9-10,15H,5-8H2,1-4H3. The van der Waals surface area contributed by atoms with Crippen LogP contribution in [0.4, 0.5) is 0 Å². The van der Waals surface area contributed by atoms with Gasteiger partial charge in [-0.15, -0.1) is 0 Å². The minimum absolute atomic E-state index is 0.117. The molecule has 108 valence electrons. The molecule has 1 aliphatic rings. The second-order valence-corrected chi connectivity index (χ2v) is 7.39. The molecule has 1 aromatic rings. The molecule has 6 heteroatoms. The Morgan fingerprint density at radius 3 is 2.47 bits per heavy atom. The van der Waals surface area contributed by atoms with E-state index in [0.717, 1.165) is 37.3 Å². The number of sulfonamides is 1. The molecule has 0 aliphatic carbocycles. The van der Waals surface area contributed by atoms with Crippen molar-refractivity contribution in [3.05, 3.63) is 11.5 Å². The largest absolute Gasteiger partial charge is 0.330 e. The summed E-state index contributed by atoms with van der Waals surface area (Å²) in [6, 6.07) is -0.117. The van der Waals surface area contributed by atoms with E-state index < -0.39 is 10.0 Å². The quantitative estimate of drug-likeness (QED) is 0.920. The van der Waals surface area contributed by atoms with Crippen molar-refractivity contribution in [3.63, 3.8) is 0 Å². The maximum Gasteiger partial charge on any atom is 0.260 e. The summed E-state index contributed by atoms with van der Waals surface area (Å²) in [4.78, 5) is 4.43. The highest BCUT2D eigenvalue weighted by molar-refractivity contribution is 7.89. The molecule has 0 spiro atoms. The molecule has 0 saturated carbocycles. The number of nitrogens with zero attached hydrogens (tertiary/aromatic N) is 2. The van der Waals surface area contributed by atoms with Gasteiger partial charge in [-0.05, 0) is 33.1 Å². The maximum absolute atomic E-state index is 12.4. The highest BCUT2D eigenvalue weighted by atomic mass is 32.2. The van der Waals surface area contributed by atoms with Crippen molar-refractivity contribution in [2.45, 2.75) is 70.5 Å². The average molecular weight is 285 g/mol. The lowest BCUT2D eigenvalue weighted by Crippen LogP contribution is -2.31. The van der Waals surface area contributed by atoms with E-state index in [1.165, 1.54) is 0 Å². The van der Waals surface area contributed by atoms with Crippen LogP contribution in [0, 0.1) is 0 Å². The first-order valence-corrected chi connectivity index (χ1v) is 8.43. The Labute approximate surface area is 115 Å². The molecule has 1 N–H and O–H groups in total. The van der Waals surface area contributed by atoms with E-state index in [4.69, 9.17) is 0 Å². The molecule has 0 saturated heterocycles. The van der Waals surface area contributed by atoms with Gasteiger partial charge in [0.2, 0.25) is 0 Å². The van der Waals surface area contributed by atoms with Gasteiger partial charge in [-0.3, -0.25) is 0 Å². The molecule has 0 radical (unpaired) electrons. The van der Waals surface area contributed by atoms with Crippen molar-refractivity contribution in [1.29, 1.82) is 0 Å². The van der Waals surface area contributed by atoms with Crippen LogP contribution in [0.2, 0.25) is 0 Å². The Hall–Kier alpha value is -0.880. The Bertz CT molecular complexity index is 559. The monoisotopic (exact) mass is 285 g/mol. The van der Waals surface area contributed by atoms with Gasteiger partial charge in [0.15, 0.2) is 5.03 Å². The van der Waals surface area contributed by atoms with Crippen LogP contribution in [-0.4, -0.2) is 24.0 Å². The number of fused-ring (bicyclic) bond motifs is 1. The number of imidazole rings is 1. The molecular weight excluding hydrogens is 262 g/mol. The number of nitrogens with one attached hydrogen (secondary N) is 1. The molecule has 5 nitrogen and oxygen atoms in total. The van der Waals surface area contributed by atoms with Crippen LogP contribution in [-0.2, 0) is 23.0 Å². The molecule has 2 heterocycles. The van der Waals surface area contributed by atoms with Crippen molar-refractivity contribution in [2.24, 2.45) is 0 Å². The van der Waals surface area contributed by atoms with Gasteiger partial charge in [0.05, 0.1) is 5.69 Å². The number of aromatic nitrogens is 2. The molecule has 0 unspecified atom stereocenters. The predicted molar refractivity (Wildman–Crippen MR) is 74.7 cm³/mol. The van der Waals surface area contributed by atoms with Gasteiger partial charge < -0.3 is 4.57 Å². The van der Waals surface area contributed by atoms with E-state index in [-0.39, 0.29) is 17.0 Å². The average Bonchev–Trinajstić information content (AvgIpc) is 2.67. The van der Waals surface area contributed by atoms with E-state index >= 15 is 0 Å². The van der Waals surface area contributed by atoms with Gasteiger partial charge in [-0.2, -0.15) is 0 Å². The minimum Gasteiger partial charge on any atom is -0.330 e. The fourth-order valence-electron chi connectivity index (χ4n) is 2.56. The molecule has 2 rings (SSSR count). The number of hydrogen-bond donors (Lipinski definition) is 1. The third-order valence-corrected chi connectivity index (χ3v) is 4.89. The van der Waals surface area contributed by atoms with Crippen LogP contribution in [0.1, 0.15) is 58.0 Å². The van der Waals surface area contributed by atoms with Crippen LogP contribution in [0.15, 0.2) is 5.03 Å². The Balaban J connectivity index is 2.52. The Morgan fingerprint density at radius 1 is 1.21 bits per heavy atom. The van der Waals surface area contributed by atoms with Gasteiger partial charge >= 0.3 is 0 Å². The highest BCUT2D eigenvalue weighted by Gasteiger charge is 2.29. The summed E-state index contributed by atoms with van der Waals surface area (Å²) in [5.74, 6) is 1.12. The maximum atomic E-state index is 12.4. The van der Waals surface area contributed by atoms with Crippen LogP contribution in [0.3, 0.4) is 0 Å². The summed E-state index contributed by atoms with van der Waals surface area (Å²) in [7, 11) is -3.50. The first-order valence-electron chi connectivity index (χ1n) is 6.94. The normalized spacial score (nSPS) is 16.1. The topological polar surface area (TPSA) is 64.0 Å². The summed E-state index contributed by atoms with van der Waals surface area (Å²) in [5, 5.41) is 0.240. The Kier molecular flexibility index (Phi) is 4.01. The number of hydrogen-bond acceptors (Lipinski definition) is 3. The van der Waals surface area contributed by atoms with Crippen molar-refractivity contribution in [1.82, 2.24) is 14.3 Å². The van der Waals surface area contributed by atoms with Gasteiger partial charge in [0.1, 0.15) is 5.82 Å². The molecule has 0 fully saturated rings.